The number of rotatable bonds is 3. The fraction of sp³-hybridized carbons (Fsp3) is 0.375. The van der Waals surface area contributed by atoms with Gasteiger partial charge in [0.1, 0.15) is 12.4 Å². The predicted molar refractivity (Wildman–Crippen MR) is 79.5 cm³/mol. The first-order chi connectivity index (χ1) is 10.0. The number of ether oxygens (including phenoxy) is 2. The topological polar surface area (TPSA) is 55.8 Å². The largest absolute Gasteiger partial charge is 0.489 e. The Balaban J connectivity index is 2.23. The molecule has 2 rings (SSSR count). The van der Waals surface area contributed by atoms with Crippen molar-refractivity contribution in [3.8, 4) is 5.75 Å². The van der Waals surface area contributed by atoms with E-state index in [1.54, 1.807) is 11.8 Å². The predicted octanol–water partition coefficient (Wildman–Crippen LogP) is 2.15. The Labute approximate surface area is 124 Å². The molecule has 1 aliphatic heterocycles. The first-order valence-electron chi connectivity index (χ1n) is 6.93. The van der Waals surface area contributed by atoms with Crippen molar-refractivity contribution >= 4 is 17.6 Å². The molecule has 1 aromatic carbocycles. The molecule has 0 radical (unpaired) electrons. The van der Waals surface area contributed by atoms with Crippen LogP contribution < -0.4 is 9.64 Å². The molecule has 0 aromatic heterocycles. The lowest BCUT2D eigenvalue weighted by atomic mass is 10.1. The first kappa shape index (κ1) is 15.1. The summed E-state index contributed by atoms with van der Waals surface area (Å²) >= 11 is 0. The van der Waals surface area contributed by atoms with Crippen molar-refractivity contribution in [2.75, 3.05) is 24.7 Å². The number of anilines is 1. The molecule has 0 N–H and O–H groups in total. The number of hydrogen-bond acceptors (Lipinski definition) is 4. The number of nitrogens with zero attached hydrogens (tertiary/aromatic N) is 1. The zero-order valence-electron chi connectivity index (χ0n) is 12.5. The molecule has 0 saturated heterocycles. The Morgan fingerprint density at radius 1 is 1.33 bits per heavy atom. The maximum absolute atomic E-state index is 12.3. The van der Waals surface area contributed by atoms with E-state index in [2.05, 4.69) is 0 Å². The highest BCUT2D eigenvalue weighted by atomic mass is 16.5. The third-order valence-corrected chi connectivity index (χ3v) is 3.17. The van der Waals surface area contributed by atoms with Crippen LogP contribution in [0.5, 0.6) is 5.75 Å². The summed E-state index contributed by atoms with van der Waals surface area (Å²) in [6.45, 7) is 6.83. The van der Waals surface area contributed by atoms with Crippen LogP contribution in [0.25, 0.3) is 0 Å². The van der Waals surface area contributed by atoms with Crippen molar-refractivity contribution < 1.29 is 19.1 Å². The molecule has 1 heterocycles. The van der Waals surface area contributed by atoms with Crippen molar-refractivity contribution in [2.24, 2.45) is 0 Å². The van der Waals surface area contributed by atoms with E-state index < -0.39 is 5.97 Å². The SMILES string of the molecule is CCOC(=O)/C=C/C(=O)N1CCOc2c(C)cc(C)cc21. The molecule has 1 amide bonds. The summed E-state index contributed by atoms with van der Waals surface area (Å²) in [5, 5.41) is 0. The molecular formula is C16H19NO4. The van der Waals surface area contributed by atoms with E-state index in [-0.39, 0.29) is 12.5 Å². The van der Waals surface area contributed by atoms with Gasteiger partial charge in [-0.05, 0) is 38.0 Å². The second-order valence-corrected chi connectivity index (χ2v) is 4.85. The molecule has 0 aliphatic carbocycles. The van der Waals surface area contributed by atoms with Gasteiger partial charge in [-0.2, -0.15) is 0 Å². The Morgan fingerprint density at radius 2 is 2.10 bits per heavy atom. The Hall–Kier alpha value is -2.30. The van der Waals surface area contributed by atoms with Gasteiger partial charge in [0.05, 0.1) is 18.8 Å². The number of fused-ring (bicyclic) bond motifs is 1. The standard InChI is InChI=1S/C16H19NO4/c1-4-20-15(19)6-5-14(18)17-7-8-21-16-12(3)9-11(2)10-13(16)17/h5-6,9-10H,4,7-8H2,1-3H3/b6-5+. The lowest BCUT2D eigenvalue weighted by Crippen LogP contribution is -2.37. The van der Waals surface area contributed by atoms with Gasteiger partial charge in [0, 0.05) is 12.2 Å². The summed E-state index contributed by atoms with van der Waals surface area (Å²) < 4.78 is 10.4. The highest BCUT2D eigenvalue weighted by Crippen LogP contribution is 2.35. The van der Waals surface area contributed by atoms with E-state index in [1.165, 1.54) is 6.08 Å². The molecule has 1 aliphatic rings. The van der Waals surface area contributed by atoms with E-state index in [4.69, 9.17) is 9.47 Å². The molecule has 5 heteroatoms. The van der Waals surface area contributed by atoms with Crippen LogP contribution in [0.3, 0.4) is 0 Å². The van der Waals surface area contributed by atoms with Crippen molar-refractivity contribution in [3.05, 3.63) is 35.4 Å². The average molecular weight is 289 g/mol. The summed E-state index contributed by atoms with van der Waals surface area (Å²) in [6.07, 6.45) is 2.40. The third-order valence-electron chi connectivity index (χ3n) is 3.17. The number of aryl methyl sites for hydroxylation is 2. The quantitative estimate of drug-likeness (QED) is 0.632. The van der Waals surface area contributed by atoms with E-state index in [9.17, 15) is 9.59 Å². The minimum atomic E-state index is -0.514. The minimum absolute atomic E-state index is 0.252. The summed E-state index contributed by atoms with van der Waals surface area (Å²) in [6, 6.07) is 3.93. The smallest absolute Gasteiger partial charge is 0.330 e. The van der Waals surface area contributed by atoms with Gasteiger partial charge in [-0.15, -0.1) is 0 Å². The first-order valence-corrected chi connectivity index (χ1v) is 6.93. The van der Waals surface area contributed by atoms with Crippen molar-refractivity contribution in [3.63, 3.8) is 0 Å². The van der Waals surface area contributed by atoms with Gasteiger partial charge in [0.15, 0.2) is 0 Å². The third kappa shape index (κ3) is 3.42. The maximum atomic E-state index is 12.3. The highest BCUT2D eigenvalue weighted by Gasteiger charge is 2.24. The number of carbonyl (C=O) groups excluding carboxylic acids is 2. The molecule has 0 spiro atoms. The van der Waals surface area contributed by atoms with Gasteiger partial charge < -0.3 is 14.4 Å². The number of amides is 1. The van der Waals surface area contributed by atoms with Crippen LogP contribution in [-0.4, -0.2) is 31.6 Å². The minimum Gasteiger partial charge on any atom is -0.489 e. The van der Waals surface area contributed by atoms with Crippen molar-refractivity contribution in [2.45, 2.75) is 20.8 Å². The van der Waals surface area contributed by atoms with Crippen molar-refractivity contribution in [1.29, 1.82) is 0 Å². The molecule has 0 bridgehead atoms. The molecular weight excluding hydrogens is 270 g/mol. The number of carbonyl (C=O) groups is 2. The number of hydrogen-bond donors (Lipinski definition) is 0. The van der Waals surface area contributed by atoms with Gasteiger partial charge in [-0.3, -0.25) is 4.79 Å². The zero-order valence-corrected chi connectivity index (χ0v) is 12.5. The van der Waals surface area contributed by atoms with E-state index in [0.717, 1.165) is 28.6 Å². The molecule has 0 atom stereocenters. The van der Waals surface area contributed by atoms with Crippen LogP contribution in [0, 0.1) is 13.8 Å². The highest BCUT2D eigenvalue weighted by molar-refractivity contribution is 6.05. The summed E-state index contributed by atoms with van der Waals surface area (Å²) in [7, 11) is 0. The summed E-state index contributed by atoms with van der Waals surface area (Å²) in [5.74, 6) is -0.0397. The van der Waals surface area contributed by atoms with Crippen molar-refractivity contribution in [1.82, 2.24) is 0 Å². The molecule has 21 heavy (non-hydrogen) atoms. The Morgan fingerprint density at radius 3 is 2.81 bits per heavy atom. The van der Waals surface area contributed by atoms with Crippen LogP contribution in [-0.2, 0) is 14.3 Å². The fourth-order valence-electron chi connectivity index (χ4n) is 2.33. The Bertz CT molecular complexity index is 592. The zero-order chi connectivity index (χ0) is 15.4. The summed E-state index contributed by atoms with van der Waals surface area (Å²) in [4.78, 5) is 25.2. The molecule has 0 unspecified atom stereocenters. The van der Waals surface area contributed by atoms with Crippen LogP contribution in [0.2, 0.25) is 0 Å². The van der Waals surface area contributed by atoms with E-state index in [0.29, 0.717) is 13.2 Å². The normalized spacial score (nSPS) is 13.8. The monoisotopic (exact) mass is 289 g/mol. The number of benzene rings is 1. The second-order valence-electron chi connectivity index (χ2n) is 4.85. The van der Waals surface area contributed by atoms with Crippen LogP contribution in [0.15, 0.2) is 24.3 Å². The lowest BCUT2D eigenvalue weighted by molar-refractivity contribution is -0.137. The molecule has 0 fully saturated rings. The molecule has 112 valence electrons. The second kappa shape index (κ2) is 6.43. The maximum Gasteiger partial charge on any atom is 0.330 e. The van der Waals surface area contributed by atoms with Crippen LogP contribution in [0.4, 0.5) is 5.69 Å². The number of esters is 1. The Kier molecular flexibility index (Phi) is 4.62. The van der Waals surface area contributed by atoms with Gasteiger partial charge in [0.2, 0.25) is 0 Å². The molecule has 0 saturated carbocycles. The van der Waals surface area contributed by atoms with Gasteiger partial charge in [-0.1, -0.05) is 6.07 Å². The van der Waals surface area contributed by atoms with Gasteiger partial charge in [-0.25, -0.2) is 4.79 Å². The molecule has 1 aromatic rings. The van der Waals surface area contributed by atoms with E-state index in [1.807, 2.05) is 26.0 Å². The van der Waals surface area contributed by atoms with Crippen LogP contribution in [0.1, 0.15) is 18.1 Å². The lowest BCUT2D eigenvalue weighted by Gasteiger charge is -2.30. The fourth-order valence-corrected chi connectivity index (χ4v) is 2.33. The van der Waals surface area contributed by atoms with Gasteiger partial charge in [0.25, 0.3) is 5.91 Å². The van der Waals surface area contributed by atoms with Gasteiger partial charge >= 0.3 is 5.97 Å². The summed E-state index contributed by atoms with van der Waals surface area (Å²) in [5.41, 5.74) is 2.80. The average Bonchev–Trinajstić information content (AvgIpc) is 2.44. The molecule has 5 nitrogen and oxygen atoms in total. The van der Waals surface area contributed by atoms with E-state index >= 15 is 0 Å². The van der Waals surface area contributed by atoms with Crippen LogP contribution >= 0.6 is 0 Å².